The smallest absolute Gasteiger partial charge is 0.288 e. The zero-order valence-corrected chi connectivity index (χ0v) is 19.6. The molecule has 1 fully saturated rings. The van der Waals surface area contributed by atoms with Gasteiger partial charge in [0.2, 0.25) is 0 Å². The summed E-state index contributed by atoms with van der Waals surface area (Å²) in [5.41, 5.74) is -0.372. The van der Waals surface area contributed by atoms with Crippen LogP contribution in [0.25, 0.3) is 17.4 Å². The Kier molecular flexibility index (Phi) is 6.41. The highest BCUT2D eigenvalue weighted by Crippen LogP contribution is 2.37. The van der Waals surface area contributed by atoms with E-state index < -0.39 is 22.6 Å². The molecule has 0 bridgehead atoms. The van der Waals surface area contributed by atoms with Gasteiger partial charge in [0.15, 0.2) is 5.11 Å². The van der Waals surface area contributed by atoms with Crippen LogP contribution in [0.3, 0.4) is 0 Å². The number of nitro benzene ring substituents is 1. The molecule has 3 aromatic rings. The van der Waals surface area contributed by atoms with Crippen LogP contribution in [0.1, 0.15) is 5.76 Å². The minimum Gasteiger partial charge on any atom is -0.457 e. The molecule has 2 aromatic carbocycles. The molecule has 0 radical (unpaired) electrons. The largest absolute Gasteiger partial charge is 0.457 e. The van der Waals surface area contributed by atoms with Gasteiger partial charge in [-0.05, 0) is 54.7 Å². The third-order valence-corrected chi connectivity index (χ3v) is 5.86. The maximum atomic E-state index is 13.5. The van der Waals surface area contributed by atoms with Crippen LogP contribution in [0.2, 0.25) is 15.1 Å². The third-order valence-electron chi connectivity index (χ3n) is 4.68. The van der Waals surface area contributed by atoms with E-state index in [4.69, 9.17) is 51.4 Å². The van der Waals surface area contributed by atoms with Crippen LogP contribution in [0.4, 0.5) is 15.8 Å². The molecule has 34 heavy (non-hydrogen) atoms. The lowest BCUT2D eigenvalue weighted by atomic mass is 10.1. The van der Waals surface area contributed by atoms with Crippen molar-refractivity contribution in [2.45, 2.75) is 0 Å². The van der Waals surface area contributed by atoms with Crippen LogP contribution in [0, 0.1) is 15.9 Å². The number of carbonyl (C=O) groups is 2. The Morgan fingerprint density at radius 1 is 1.06 bits per heavy atom. The topological polar surface area (TPSA) is 106 Å². The third kappa shape index (κ3) is 4.40. The summed E-state index contributed by atoms with van der Waals surface area (Å²) in [4.78, 5) is 37.0. The molecule has 0 aliphatic carbocycles. The Hall–Kier alpha value is -3.31. The molecule has 0 unspecified atom stereocenters. The van der Waals surface area contributed by atoms with Gasteiger partial charge in [0.25, 0.3) is 17.5 Å². The normalized spacial score (nSPS) is 15.1. The lowest BCUT2D eigenvalue weighted by Crippen LogP contribution is -2.54. The zero-order valence-electron chi connectivity index (χ0n) is 16.5. The van der Waals surface area contributed by atoms with Crippen molar-refractivity contribution in [2.75, 3.05) is 4.90 Å². The van der Waals surface area contributed by atoms with E-state index in [-0.39, 0.29) is 54.2 Å². The number of anilines is 1. The number of benzene rings is 2. The van der Waals surface area contributed by atoms with E-state index >= 15 is 0 Å². The second-order valence-corrected chi connectivity index (χ2v) is 8.41. The number of nitro groups is 1. The fraction of sp³-hybridized carbons (Fsp3) is 0. The molecule has 1 saturated heterocycles. The Morgan fingerprint density at radius 2 is 1.79 bits per heavy atom. The summed E-state index contributed by atoms with van der Waals surface area (Å²) in [5.74, 6) is -2.05. The number of furan rings is 1. The summed E-state index contributed by atoms with van der Waals surface area (Å²) in [6.07, 6.45) is 1.17. The highest BCUT2D eigenvalue weighted by Gasteiger charge is 2.35. The fourth-order valence-corrected chi connectivity index (χ4v) is 4.10. The predicted molar refractivity (Wildman–Crippen MR) is 128 cm³/mol. The summed E-state index contributed by atoms with van der Waals surface area (Å²) in [6.45, 7) is 0. The van der Waals surface area contributed by atoms with E-state index in [1.807, 2.05) is 0 Å². The van der Waals surface area contributed by atoms with Crippen molar-refractivity contribution >= 4 is 81.4 Å². The first-order valence-corrected chi connectivity index (χ1v) is 10.7. The molecule has 0 atom stereocenters. The van der Waals surface area contributed by atoms with Crippen LogP contribution < -0.4 is 10.2 Å². The van der Waals surface area contributed by atoms with Crippen LogP contribution in [0.5, 0.6) is 0 Å². The quantitative estimate of drug-likeness (QED) is 0.148. The molecule has 1 aromatic heterocycles. The second-order valence-electron chi connectivity index (χ2n) is 6.80. The lowest BCUT2D eigenvalue weighted by Gasteiger charge is -2.28. The van der Waals surface area contributed by atoms with Gasteiger partial charge in [-0.25, -0.2) is 4.39 Å². The minimum absolute atomic E-state index is 0.0760. The molecule has 1 N–H and O–H groups in total. The van der Waals surface area contributed by atoms with Gasteiger partial charge in [-0.2, -0.15) is 0 Å². The molecule has 1 aliphatic heterocycles. The Labute approximate surface area is 210 Å². The number of halogens is 4. The van der Waals surface area contributed by atoms with Crippen molar-refractivity contribution in [3.63, 3.8) is 0 Å². The molecular weight excluding hydrogens is 532 g/mol. The van der Waals surface area contributed by atoms with Gasteiger partial charge in [0.1, 0.15) is 27.9 Å². The fourth-order valence-electron chi connectivity index (χ4n) is 3.10. The number of thiocarbonyl (C=S) groups is 1. The summed E-state index contributed by atoms with van der Waals surface area (Å²) >= 11 is 22.9. The number of hydrogen-bond donors (Lipinski definition) is 1. The van der Waals surface area contributed by atoms with Crippen LogP contribution >= 0.6 is 47.0 Å². The van der Waals surface area contributed by atoms with Crippen LogP contribution in [-0.4, -0.2) is 21.9 Å². The summed E-state index contributed by atoms with van der Waals surface area (Å²) in [6, 6.07) is 8.78. The molecule has 1 aliphatic rings. The number of carbonyl (C=O) groups excluding carboxylic acids is 2. The first kappa shape index (κ1) is 23.8. The minimum atomic E-state index is -0.797. The van der Waals surface area contributed by atoms with Crippen molar-refractivity contribution in [3.8, 4) is 11.3 Å². The molecule has 172 valence electrons. The molecule has 0 spiro atoms. The Morgan fingerprint density at radius 3 is 2.47 bits per heavy atom. The molecule has 0 saturated carbocycles. The van der Waals surface area contributed by atoms with Gasteiger partial charge in [-0.1, -0.05) is 34.8 Å². The highest BCUT2D eigenvalue weighted by atomic mass is 35.5. The predicted octanol–water partition coefficient (Wildman–Crippen LogP) is 5.79. The van der Waals surface area contributed by atoms with Crippen molar-refractivity contribution in [2.24, 2.45) is 0 Å². The Bertz CT molecular complexity index is 1440. The van der Waals surface area contributed by atoms with Crippen molar-refractivity contribution < 1.29 is 23.3 Å². The number of hydrogen-bond acceptors (Lipinski definition) is 6. The maximum absolute atomic E-state index is 13.5. The van der Waals surface area contributed by atoms with E-state index in [1.54, 1.807) is 0 Å². The Balaban J connectivity index is 1.71. The van der Waals surface area contributed by atoms with Crippen LogP contribution in [0.15, 0.2) is 52.5 Å². The SMILES string of the molecule is O=C1NC(=S)N(c2ccc(F)c(Cl)c2)C(=O)/C1=C/c1ccc(-c2cc([N+](=O)[O-])c(Cl)cc2Cl)o1. The van der Waals surface area contributed by atoms with Gasteiger partial charge in [0.05, 0.1) is 20.7 Å². The molecule has 2 amide bonds. The molecular formula is C21H9Cl3FN3O5S. The van der Waals surface area contributed by atoms with E-state index in [0.717, 1.165) is 17.0 Å². The van der Waals surface area contributed by atoms with Crippen LogP contribution in [-0.2, 0) is 9.59 Å². The van der Waals surface area contributed by atoms with Gasteiger partial charge in [-0.15, -0.1) is 0 Å². The van der Waals surface area contributed by atoms with Gasteiger partial charge in [0, 0.05) is 11.6 Å². The average Bonchev–Trinajstić information content (AvgIpc) is 3.21. The van der Waals surface area contributed by atoms with E-state index in [1.165, 1.54) is 36.4 Å². The molecule has 2 heterocycles. The summed E-state index contributed by atoms with van der Waals surface area (Å²) in [7, 11) is 0. The first-order chi connectivity index (χ1) is 16.1. The average molecular weight is 541 g/mol. The maximum Gasteiger partial charge on any atom is 0.288 e. The van der Waals surface area contributed by atoms with Gasteiger partial charge < -0.3 is 4.42 Å². The van der Waals surface area contributed by atoms with E-state index in [9.17, 15) is 24.1 Å². The van der Waals surface area contributed by atoms with Gasteiger partial charge >= 0.3 is 0 Å². The number of amides is 2. The summed E-state index contributed by atoms with van der Waals surface area (Å²) < 4.78 is 19.2. The molecule has 8 nitrogen and oxygen atoms in total. The monoisotopic (exact) mass is 539 g/mol. The molecule has 4 rings (SSSR count). The first-order valence-electron chi connectivity index (χ1n) is 9.17. The van der Waals surface area contributed by atoms with E-state index in [0.29, 0.717) is 0 Å². The van der Waals surface area contributed by atoms with Gasteiger partial charge in [-0.3, -0.25) is 29.9 Å². The van der Waals surface area contributed by atoms with Crippen molar-refractivity contribution in [3.05, 3.63) is 84.8 Å². The number of nitrogens with zero attached hydrogens (tertiary/aromatic N) is 2. The highest BCUT2D eigenvalue weighted by molar-refractivity contribution is 7.80. The van der Waals surface area contributed by atoms with E-state index in [2.05, 4.69) is 5.32 Å². The second kappa shape index (κ2) is 9.15. The number of nitrogens with one attached hydrogen (secondary N) is 1. The standard InChI is InChI=1S/C21H9Cl3FN3O5S/c22-13-8-15(24)17(28(31)32)7-11(13)18-4-2-10(33-18)6-12-19(29)26-21(34)27(20(12)30)9-1-3-16(25)14(23)5-9/h1-8H,(H,26,29,34)/b12-6+. The summed E-state index contributed by atoms with van der Waals surface area (Å²) in [5, 5.41) is 13.1. The lowest BCUT2D eigenvalue weighted by molar-refractivity contribution is -0.384. The van der Waals surface area contributed by atoms with Crippen molar-refractivity contribution in [1.82, 2.24) is 5.32 Å². The number of rotatable bonds is 4. The zero-order chi connectivity index (χ0) is 24.7. The molecule has 13 heteroatoms. The van der Waals surface area contributed by atoms with Crippen molar-refractivity contribution in [1.29, 1.82) is 0 Å².